The van der Waals surface area contributed by atoms with Gasteiger partial charge in [0.2, 0.25) is 0 Å². The van der Waals surface area contributed by atoms with Gasteiger partial charge in [-0.15, -0.1) is 0 Å². The van der Waals surface area contributed by atoms with E-state index in [1.807, 2.05) is 12.1 Å². The summed E-state index contributed by atoms with van der Waals surface area (Å²) in [6.07, 6.45) is 4.01. The van der Waals surface area contributed by atoms with E-state index in [0.717, 1.165) is 24.5 Å². The Kier molecular flexibility index (Phi) is 6.44. The number of hydrogen-bond acceptors (Lipinski definition) is 3. The van der Waals surface area contributed by atoms with Crippen molar-refractivity contribution >= 4 is 14.5 Å². The van der Waals surface area contributed by atoms with Gasteiger partial charge in [0.25, 0.3) is 0 Å². The molecule has 0 saturated carbocycles. The molecule has 3 aromatic rings. The van der Waals surface area contributed by atoms with E-state index < -0.39 is 0 Å². The molecule has 0 spiro atoms. The second-order valence-electron chi connectivity index (χ2n) is 7.93. The summed E-state index contributed by atoms with van der Waals surface area (Å²) < 4.78 is 6.05. The van der Waals surface area contributed by atoms with Gasteiger partial charge in [-0.25, -0.2) is 0 Å². The molecule has 2 heterocycles. The van der Waals surface area contributed by atoms with E-state index >= 15 is 0 Å². The van der Waals surface area contributed by atoms with E-state index in [-0.39, 0.29) is 0 Å². The molecule has 1 N–H and O–H groups in total. The zero-order valence-electron chi connectivity index (χ0n) is 17.3. The first-order chi connectivity index (χ1) is 14.1. The number of nitrogens with zero attached hydrogens (tertiary/aromatic N) is 1. The summed E-state index contributed by atoms with van der Waals surface area (Å²) in [6, 6.07) is 12.1. The third kappa shape index (κ3) is 4.78. The second-order valence-corrected chi connectivity index (χ2v) is 9.49. The Bertz CT molecular complexity index is 973. The molecule has 152 valence electrons. The molecule has 0 aliphatic carbocycles. The van der Waals surface area contributed by atoms with Crippen LogP contribution in [0.5, 0.6) is 11.5 Å². The van der Waals surface area contributed by atoms with Crippen LogP contribution < -0.4 is 4.74 Å². The summed E-state index contributed by atoms with van der Waals surface area (Å²) in [5, 5.41) is 9.74. The Morgan fingerprint density at radius 3 is 2.17 bits per heavy atom. The first kappa shape index (κ1) is 20.3. The summed E-state index contributed by atoms with van der Waals surface area (Å²) in [6.45, 7) is 8.42. The van der Waals surface area contributed by atoms with Crippen LogP contribution in [0.1, 0.15) is 30.4 Å². The van der Waals surface area contributed by atoms with Gasteiger partial charge in [-0.3, -0.25) is 0 Å². The van der Waals surface area contributed by atoms with E-state index in [4.69, 9.17) is 4.74 Å². The van der Waals surface area contributed by atoms with Gasteiger partial charge in [0.15, 0.2) is 0 Å². The van der Waals surface area contributed by atoms with E-state index in [2.05, 4.69) is 46.8 Å². The van der Waals surface area contributed by atoms with Crippen molar-refractivity contribution in [2.45, 2.75) is 33.1 Å². The fourth-order valence-corrected chi connectivity index (χ4v) is 5.95. The minimum absolute atomic E-state index is 0.322. The third-order valence-electron chi connectivity index (χ3n) is 5.78. The maximum atomic E-state index is 9.74. The Balaban J connectivity index is 1.49. The molecular weight excluding hydrogens is 425 g/mol. The van der Waals surface area contributed by atoms with Crippen LogP contribution in [0.4, 0.5) is 0 Å². The molecule has 0 amide bonds. The van der Waals surface area contributed by atoms with Crippen molar-refractivity contribution < 1.29 is 9.84 Å². The number of phenols is 1. The summed E-state index contributed by atoms with van der Waals surface area (Å²) in [5.74, 6) is 1.28. The average molecular weight is 454 g/mol. The predicted octanol–water partition coefficient (Wildman–Crippen LogP) is 5.26. The molecule has 0 atom stereocenters. The number of rotatable bonds is 6. The van der Waals surface area contributed by atoms with E-state index in [9.17, 15) is 5.11 Å². The van der Waals surface area contributed by atoms with Crippen LogP contribution in [-0.4, -0.2) is 50.8 Å². The van der Waals surface area contributed by atoms with Gasteiger partial charge in [-0.2, -0.15) is 0 Å². The van der Waals surface area contributed by atoms with Crippen molar-refractivity contribution in [1.29, 1.82) is 0 Å². The molecule has 1 saturated heterocycles. The van der Waals surface area contributed by atoms with Crippen molar-refractivity contribution in [2.75, 3.05) is 26.2 Å². The van der Waals surface area contributed by atoms with Gasteiger partial charge in [0.1, 0.15) is 0 Å². The number of likely N-dealkylation sites (tertiary alicyclic amines) is 1. The molecule has 0 bridgehead atoms. The molecule has 4 rings (SSSR count). The Morgan fingerprint density at radius 2 is 1.52 bits per heavy atom. The van der Waals surface area contributed by atoms with E-state index in [1.54, 1.807) is 6.07 Å². The molecule has 0 unspecified atom stereocenters. The van der Waals surface area contributed by atoms with Crippen LogP contribution >= 0.6 is 0 Å². The molecule has 1 fully saturated rings. The number of ether oxygens (including phenoxy) is 1. The first-order valence-electron chi connectivity index (χ1n) is 10.4. The summed E-state index contributed by atoms with van der Waals surface area (Å²) in [7, 11) is 0. The Morgan fingerprint density at radius 1 is 0.862 bits per heavy atom. The molecule has 1 aliphatic heterocycles. The topological polar surface area (TPSA) is 32.7 Å². The maximum absolute atomic E-state index is 9.74. The second kappa shape index (κ2) is 9.21. The Hall–Kier alpha value is -2.00. The number of aromatic hydroxyl groups is 1. The van der Waals surface area contributed by atoms with Crippen molar-refractivity contribution in [1.82, 2.24) is 4.90 Å². The number of aryl methyl sites for hydroxylation is 2. The molecule has 0 radical (unpaired) electrons. The summed E-state index contributed by atoms with van der Waals surface area (Å²) in [5.41, 5.74) is 7.41. The minimum atomic E-state index is 0.322. The van der Waals surface area contributed by atoms with E-state index in [0.29, 0.717) is 20.3 Å². The average Bonchev–Trinajstić information content (AvgIpc) is 3.18. The first-order valence-corrected chi connectivity index (χ1v) is 12.4. The molecule has 2 aromatic carbocycles. The summed E-state index contributed by atoms with van der Waals surface area (Å²) in [4.78, 5) is 7.20. The van der Waals surface area contributed by atoms with Crippen LogP contribution in [0.25, 0.3) is 22.3 Å². The molecule has 29 heavy (non-hydrogen) atoms. The van der Waals surface area contributed by atoms with Gasteiger partial charge >= 0.3 is 173 Å². The summed E-state index contributed by atoms with van der Waals surface area (Å²) >= 11 is 0.366. The van der Waals surface area contributed by atoms with Crippen molar-refractivity contribution in [3.05, 3.63) is 57.4 Å². The monoisotopic (exact) mass is 455 g/mol. The quantitative estimate of drug-likeness (QED) is 0.516. The van der Waals surface area contributed by atoms with Gasteiger partial charge in [-0.05, 0) is 0 Å². The predicted molar refractivity (Wildman–Crippen MR) is 121 cm³/mol. The number of phenolic OH excluding ortho intramolecular Hbond substituents is 1. The fraction of sp³-hybridized carbons (Fsp3) is 0.360. The molecule has 1 aromatic heterocycles. The zero-order valence-corrected chi connectivity index (χ0v) is 19.0. The van der Waals surface area contributed by atoms with Gasteiger partial charge < -0.3 is 0 Å². The third-order valence-corrected chi connectivity index (χ3v) is 7.34. The van der Waals surface area contributed by atoms with Crippen LogP contribution in [0.3, 0.4) is 0 Å². The normalized spacial score (nSPS) is 14.8. The number of benzene rings is 2. The molecule has 3 nitrogen and oxygen atoms in total. The molecule has 4 heteroatoms. The fourth-order valence-electron chi connectivity index (χ4n) is 4.17. The number of hydrogen-bond donors (Lipinski definition) is 1. The molecular formula is C25H29NO2Se. The van der Waals surface area contributed by atoms with Gasteiger partial charge in [0, 0.05) is 0 Å². The van der Waals surface area contributed by atoms with Gasteiger partial charge in [0.05, 0.1) is 0 Å². The SMILES string of the molecule is Cc1cc(O)ccc1-c1c[se]cc1-c1ccc(OCCN2CCCCC2)cc1C. The van der Waals surface area contributed by atoms with E-state index in [1.165, 1.54) is 60.2 Å². The van der Waals surface area contributed by atoms with Crippen LogP contribution in [0.2, 0.25) is 0 Å². The standard InChI is InChI=1S/C25H29NO2Se/c1-18-14-20(27)6-8-22(18)24-16-29-17-25(24)23-9-7-21(15-19(23)2)28-13-12-26-10-4-3-5-11-26/h6-9,14-17,27H,3-5,10-13H2,1-2H3. The number of piperidine rings is 1. The Labute approximate surface area is 179 Å². The van der Waals surface area contributed by atoms with Crippen molar-refractivity contribution in [3.63, 3.8) is 0 Å². The van der Waals surface area contributed by atoms with Gasteiger partial charge in [-0.1, -0.05) is 6.42 Å². The zero-order chi connectivity index (χ0) is 20.2. The van der Waals surface area contributed by atoms with Crippen molar-refractivity contribution in [3.8, 4) is 33.8 Å². The van der Waals surface area contributed by atoms with Crippen LogP contribution in [0.15, 0.2) is 46.3 Å². The molecule has 1 aliphatic rings. The van der Waals surface area contributed by atoms with Crippen LogP contribution in [0, 0.1) is 13.8 Å². The van der Waals surface area contributed by atoms with Crippen molar-refractivity contribution in [2.24, 2.45) is 0 Å². The van der Waals surface area contributed by atoms with Crippen LogP contribution in [-0.2, 0) is 0 Å².